The van der Waals surface area contributed by atoms with Crippen molar-refractivity contribution >= 4 is 23.6 Å². The van der Waals surface area contributed by atoms with Gasteiger partial charge in [-0.3, -0.25) is 19.7 Å². The molecule has 0 fully saturated rings. The maximum absolute atomic E-state index is 11.5. The summed E-state index contributed by atoms with van der Waals surface area (Å²) in [6.45, 7) is 2.22. The van der Waals surface area contributed by atoms with Crippen LogP contribution in [0.1, 0.15) is 18.9 Å². The van der Waals surface area contributed by atoms with Crippen molar-refractivity contribution < 1.29 is 19.2 Å². The molecule has 0 saturated carbocycles. The first kappa shape index (κ1) is 16.4. The van der Waals surface area contributed by atoms with Gasteiger partial charge in [-0.1, -0.05) is 0 Å². The summed E-state index contributed by atoms with van der Waals surface area (Å²) in [4.78, 5) is 32.5. The summed E-state index contributed by atoms with van der Waals surface area (Å²) in [7, 11) is 0. The number of carbonyl (C=O) groups excluding carboxylic acids is 2. The molecule has 21 heavy (non-hydrogen) atoms. The van der Waals surface area contributed by atoms with Crippen LogP contribution in [0.5, 0.6) is 0 Å². The van der Waals surface area contributed by atoms with Crippen LogP contribution in [0.4, 0.5) is 5.69 Å². The van der Waals surface area contributed by atoms with E-state index in [0.29, 0.717) is 12.2 Å². The van der Waals surface area contributed by atoms with Crippen LogP contribution in [0.25, 0.3) is 6.08 Å². The Labute approximate surface area is 121 Å². The van der Waals surface area contributed by atoms with E-state index in [2.05, 4.69) is 5.32 Å². The fourth-order valence-corrected chi connectivity index (χ4v) is 1.46. The van der Waals surface area contributed by atoms with E-state index >= 15 is 0 Å². The van der Waals surface area contributed by atoms with Crippen molar-refractivity contribution in [3.05, 3.63) is 46.0 Å². The maximum Gasteiger partial charge on any atom is 0.307 e. The normalized spacial score (nSPS) is 10.3. The monoisotopic (exact) mass is 292 g/mol. The molecule has 112 valence electrons. The van der Waals surface area contributed by atoms with Crippen LogP contribution in [-0.4, -0.2) is 30.0 Å². The highest BCUT2D eigenvalue weighted by Crippen LogP contribution is 2.12. The molecule has 7 nitrogen and oxygen atoms in total. The highest BCUT2D eigenvalue weighted by atomic mass is 16.6. The molecule has 7 heteroatoms. The summed E-state index contributed by atoms with van der Waals surface area (Å²) in [5.41, 5.74) is 0.659. The van der Waals surface area contributed by atoms with Crippen molar-refractivity contribution in [1.29, 1.82) is 0 Å². The van der Waals surface area contributed by atoms with E-state index in [4.69, 9.17) is 4.74 Å². The number of benzene rings is 1. The Bertz CT molecular complexity index is 537. The molecule has 1 rings (SSSR count). The number of carbonyl (C=O) groups is 2. The first-order chi connectivity index (χ1) is 10.0. The Morgan fingerprint density at radius 2 is 2.00 bits per heavy atom. The molecule has 1 aromatic carbocycles. The molecule has 0 saturated heterocycles. The van der Waals surface area contributed by atoms with Crippen molar-refractivity contribution in [3.63, 3.8) is 0 Å². The van der Waals surface area contributed by atoms with Crippen LogP contribution in [0.15, 0.2) is 30.3 Å². The van der Waals surface area contributed by atoms with Crippen molar-refractivity contribution in [2.45, 2.75) is 13.3 Å². The zero-order chi connectivity index (χ0) is 15.7. The zero-order valence-electron chi connectivity index (χ0n) is 11.6. The van der Waals surface area contributed by atoms with Gasteiger partial charge in [-0.25, -0.2) is 0 Å². The summed E-state index contributed by atoms with van der Waals surface area (Å²) in [6, 6.07) is 5.80. The molecule has 1 N–H and O–H groups in total. The third-order valence-electron chi connectivity index (χ3n) is 2.46. The molecule has 1 amide bonds. The molecular formula is C14H16N2O5. The number of nitrogens with one attached hydrogen (secondary N) is 1. The van der Waals surface area contributed by atoms with Crippen molar-refractivity contribution in [3.8, 4) is 0 Å². The Balaban J connectivity index is 2.40. The van der Waals surface area contributed by atoms with Gasteiger partial charge in [0.1, 0.15) is 0 Å². The summed E-state index contributed by atoms with van der Waals surface area (Å²) in [5.74, 6) is -0.713. The van der Waals surface area contributed by atoms with Gasteiger partial charge >= 0.3 is 5.97 Å². The predicted molar refractivity (Wildman–Crippen MR) is 76.4 cm³/mol. The van der Waals surface area contributed by atoms with E-state index in [-0.39, 0.29) is 30.5 Å². The van der Waals surface area contributed by atoms with Crippen LogP contribution >= 0.6 is 0 Å². The van der Waals surface area contributed by atoms with Gasteiger partial charge in [0.25, 0.3) is 5.69 Å². The van der Waals surface area contributed by atoms with Gasteiger partial charge in [0.2, 0.25) is 5.91 Å². The van der Waals surface area contributed by atoms with Crippen LogP contribution < -0.4 is 5.32 Å². The second-order valence-corrected chi connectivity index (χ2v) is 4.03. The molecular weight excluding hydrogens is 276 g/mol. The second kappa shape index (κ2) is 8.47. The molecule has 0 aliphatic heterocycles. The number of hydrogen-bond donors (Lipinski definition) is 1. The number of nitro groups is 1. The fraction of sp³-hybridized carbons (Fsp3) is 0.286. The van der Waals surface area contributed by atoms with Crippen LogP contribution in [0.3, 0.4) is 0 Å². The fourth-order valence-electron chi connectivity index (χ4n) is 1.46. The first-order valence-electron chi connectivity index (χ1n) is 6.39. The third-order valence-corrected chi connectivity index (χ3v) is 2.46. The highest BCUT2D eigenvalue weighted by Gasteiger charge is 2.04. The number of ether oxygens (including phenoxy) is 1. The quantitative estimate of drug-likeness (QED) is 0.357. The van der Waals surface area contributed by atoms with Gasteiger partial charge in [0.05, 0.1) is 18.0 Å². The Morgan fingerprint density at radius 3 is 2.57 bits per heavy atom. The number of esters is 1. The van der Waals surface area contributed by atoms with E-state index in [9.17, 15) is 19.7 Å². The van der Waals surface area contributed by atoms with Gasteiger partial charge in [-0.05, 0) is 30.7 Å². The Hall–Kier alpha value is -2.70. The van der Waals surface area contributed by atoms with Crippen LogP contribution in [0.2, 0.25) is 0 Å². The average molecular weight is 292 g/mol. The lowest BCUT2D eigenvalue weighted by Gasteiger charge is -2.02. The zero-order valence-corrected chi connectivity index (χ0v) is 11.6. The van der Waals surface area contributed by atoms with Gasteiger partial charge in [-0.15, -0.1) is 0 Å². The molecule has 0 bridgehead atoms. The topological polar surface area (TPSA) is 98.5 Å². The lowest BCUT2D eigenvalue weighted by molar-refractivity contribution is -0.384. The number of non-ortho nitro benzene ring substituents is 1. The molecule has 0 unspecified atom stereocenters. The van der Waals surface area contributed by atoms with Crippen molar-refractivity contribution in [1.82, 2.24) is 5.32 Å². The molecule has 0 aliphatic rings. The molecule has 0 atom stereocenters. The van der Waals surface area contributed by atoms with Crippen molar-refractivity contribution in [2.24, 2.45) is 0 Å². The standard InChI is InChI=1S/C14H16N2O5/c1-2-21-14(18)9-10-15-13(17)8-5-11-3-6-12(7-4-11)16(19)20/h3-8H,2,9-10H2,1H3,(H,15,17)/b8-5+. The minimum absolute atomic E-state index is 0.00830. The maximum atomic E-state index is 11.5. The summed E-state index contributed by atoms with van der Waals surface area (Å²) >= 11 is 0. The highest BCUT2D eigenvalue weighted by molar-refractivity contribution is 5.91. The van der Waals surface area contributed by atoms with Crippen LogP contribution in [0, 0.1) is 10.1 Å². The van der Waals surface area contributed by atoms with Gasteiger partial charge in [0.15, 0.2) is 0 Å². The number of hydrogen-bond acceptors (Lipinski definition) is 5. The molecule has 1 aromatic rings. The molecule has 0 heterocycles. The lowest BCUT2D eigenvalue weighted by Crippen LogP contribution is -2.24. The summed E-state index contributed by atoms with van der Waals surface area (Å²) in [5, 5.41) is 13.0. The molecule has 0 aromatic heterocycles. The number of nitrogens with zero attached hydrogens (tertiary/aromatic N) is 1. The number of rotatable bonds is 7. The minimum atomic E-state index is -0.490. The minimum Gasteiger partial charge on any atom is -0.466 e. The molecule has 0 radical (unpaired) electrons. The second-order valence-electron chi connectivity index (χ2n) is 4.03. The largest absolute Gasteiger partial charge is 0.466 e. The molecule has 0 aliphatic carbocycles. The summed E-state index contributed by atoms with van der Waals surface area (Å²) in [6.07, 6.45) is 2.95. The first-order valence-corrected chi connectivity index (χ1v) is 6.39. The van der Waals surface area contributed by atoms with E-state index < -0.39 is 4.92 Å². The van der Waals surface area contributed by atoms with E-state index in [1.165, 1.54) is 24.3 Å². The van der Waals surface area contributed by atoms with E-state index in [1.807, 2.05) is 0 Å². The average Bonchev–Trinajstić information content (AvgIpc) is 2.46. The van der Waals surface area contributed by atoms with Gasteiger partial charge < -0.3 is 10.1 Å². The van der Waals surface area contributed by atoms with Gasteiger partial charge in [0, 0.05) is 24.8 Å². The number of nitro benzene ring substituents is 1. The SMILES string of the molecule is CCOC(=O)CCNC(=O)/C=C/c1ccc([N+](=O)[O-])cc1. The molecule has 0 spiro atoms. The van der Waals surface area contributed by atoms with E-state index in [1.54, 1.807) is 19.1 Å². The number of amides is 1. The smallest absolute Gasteiger partial charge is 0.307 e. The Morgan fingerprint density at radius 1 is 1.33 bits per heavy atom. The predicted octanol–water partition coefficient (Wildman–Crippen LogP) is 1.68. The summed E-state index contributed by atoms with van der Waals surface area (Å²) < 4.78 is 4.72. The lowest BCUT2D eigenvalue weighted by atomic mass is 10.2. The third kappa shape index (κ3) is 6.33. The van der Waals surface area contributed by atoms with Crippen molar-refractivity contribution in [2.75, 3.05) is 13.2 Å². The van der Waals surface area contributed by atoms with Crippen LogP contribution in [-0.2, 0) is 14.3 Å². The van der Waals surface area contributed by atoms with Gasteiger partial charge in [-0.2, -0.15) is 0 Å². The van der Waals surface area contributed by atoms with E-state index in [0.717, 1.165) is 0 Å². The Kier molecular flexibility index (Phi) is 6.59.